The Bertz CT molecular complexity index is 298. The van der Waals surface area contributed by atoms with Crippen molar-refractivity contribution < 1.29 is 4.79 Å². The van der Waals surface area contributed by atoms with Crippen LogP contribution in [0, 0.1) is 23.2 Å². The molecule has 0 aromatic heterocycles. The Morgan fingerprint density at radius 1 is 1.65 bits per heavy atom. The maximum Gasteiger partial charge on any atom is 0.239 e. The van der Waals surface area contributed by atoms with Crippen LogP contribution in [0.1, 0.15) is 33.6 Å². The van der Waals surface area contributed by atoms with Gasteiger partial charge >= 0.3 is 0 Å². The Labute approximate surface area is 104 Å². The van der Waals surface area contributed by atoms with Crippen LogP contribution in [0.3, 0.4) is 0 Å². The Morgan fingerprint density at radius 2 is 2.35 bits per heavy atom. The van der Waals surface area contributed by atoms with Crippen molar-refractivity contribution in [3.63, 3.8) is 0 Å². The first-order valence-electron chi connectivity index (χ1n) is 6.50. The zero-order valence-electron chi connectivity index (χ0n) is 11.1. The fraction of sp³-hybridized carbons (Fsp3) is 0.846. The fourth-order valence-corrected chi connectivity index (χ4v) is 2.26. The Hall–Kier alpha value is -1.08. The van der Waals surface area contributed by atoms with Crippen LogP contribution in [0.4, 0.5) is 0 Å². The van der Waals surface area contributed by atoms with E-state index in [1.165, 1.54) is 0 Å². The van der Waals surface area contributed by atoms with E-state index >= 15 is 0 Å². The Balaban J connectivity index is 2.56. The van der Waals surface area contributed by atoms with Gasteiger partial charge in [0.1, 0.15) is 0 Å². The molecule has 0 aromatic rings. The van der Waals surface area contributed by atoms with E-state index in [4.69, 9.17) is 5.26 Å². The van der Waals surface area contributed by atoms with Gasteiger partial charge in [0.05, 0.1) is 18.0 Å². The van der Waals surface area contributed by atoms with E-state index in [9.17, 15) is 4.79 Å². The van der Waals surface area contributed by atoms with E-state index < -0.39 is 0 Å². The monoisotopic (exact) mass is 237 g/mol. The molecule has 0 saturated carbocycles. The molecule has 4 heteroatoms. The average Bonchev–Trinajstić information content (AvgIpc) is 2.34. The van der Waals surface area contributed by atoms with Crippen molar-refractivity contribution in [3.8, 4) is 6.07 Å². The first-order valence-corrected chi connectivity index (χ1v) is 6.50. The van der Waals surface area contributed by atoms with Gasteiger partial charge in [-0.15, -0.1) is 0 Å². The van der Waals surface area contributed by atoms with Crippen LogP contribution in [0.15, 0.2) is 0 Å². The molecule has 4 nitrogen and oxygen atoms in total. The number of piperidine rings is 1. The Morgan fingerprint density at radius 3 is 2.88 bits per heavy atom. The van der Waals surface area contributed by atoms with E-state index in [1.54, 1.807) is 4.90 Å². The van der Waals surface area contributed by atoms with Crippen LogP contribution in [0.25, 0.3) is 0 Å². The molecule has 1 aliphatic rings. The molecule has 1 rings (SSSR count). The molecule has 0 aromatic carbocycles. The summed E-state index contributed by atoms with van der Waals surface area (Å²) in [4.78, 5) is 14.1. The molecule has 3 unspecified atom stereocenters. The largest absolute Gasteiger partial charge is 0.340 e. The number of hydrogen-bond acceptors (Lipinski definition) is 3. The Kier molecular flexibility index (Phi) is 5.43. The quantitative estimate of drug-likeness (QED) is 0.803. The fourth-order valence-electron chi connectivity index (χ4n) is 2.26. The highest BCUT2D eigenvalue weighted by Gasteiger charge is 2.28. The van der Waals surface area contributed by atoms with Crippen LogP contribution in [-0.4, -0.2) is 36.5 Å². The van der Waals surface area contributed by atoms with Gasteiger partial charge in [-0.3, -0.25) is 4.79 Å². The number of carbonyl (C=O) groups is 1. The minimum atomic E-state index is -0.0973. The minimum Gasteiger partial charge on any atom is -0.340 e. The number of nitrogens with zero attached hydrogens (tertiary/aromatic N) is 2. The molecular weight excluding hydrogens is 214 g/mol. The van der Waals surface area contributed by atoms with E-state index in [2.05, 4.69) is 18.3 Å². The normalized spacial score (nSPS) is 26.0. The third kappa shape index (κ3) is 4.01. The summed E-state index contributed by atoms with van der Waals surface area (Å²) in [5.74, 6) is 0.665. The van der Waals surface area contributed by atoms with Crippen molar-refractivity contribution in [1.82, 2.24) is 10.2 Å². The molecule has 0 spiro atoms. The number of likely N-dealkylation sites (N-methyl/N-ethyl adjacent to an activating group) is 1. The number of nitrogens with one attached hydrogen (secondary N) is 1. The van der Waals surface area contributed by atoms with E-state index in [0.717, 1.165) is 19.4 Å². The first kappa shape index (κ1) is 14.0. The predicted molar refractivity (Wildman–Crippen MR) is 67.2 cm³/mol. The molecule has 17 heavy (non-hydrogen) atoms. The summed E-state index contributed by atoms with van der Waals surface area (Å²) in [6.07, 6.45) is 2.06. The van der Waals surface area contributed by atoms with Gasteiger partial charge in [-0.05, 0) is 39.2 Å². The first-order chi connectivity index (χ1) is 8.08. The molecule has 96 valence electrons. The number of hydrogen-bond donors (Lipinski definition) is 1. The zero-order chi connectivity index (χ0) is 12.8. The van der Waals surface area contributed by atoms with Gasteiger partial charge in [0, 0.05) is 13.1 Å². The summed E-state index contributed by atoms with van der Waals surface area (Å²) in [7, 11) is 0. The lowest BCUT2D eigenvalue weighted by atomic mass is 9.93. The van der Waals surface area contributed by atoms with Gasteiger partial charge < -0.3 is 10.2 Å². The van der Waals surface area contributed by atoms with Crippen LogP contribution < -0.4 is 5.32 Å². The molecule has 0 radical (unpaired) electrons. The summed E-state index contributed by atoms with van der Waals surface area (Å²) >= 11 is 0. The maximum absolute atomic E-state index is 12.3. The van der Waals surface area contributed by atoms with E-state index in [0.29, 0.717) is 19.0 Å². The van der Waals surface area contributed by atoms with Gasteiger partial charge in [-0.2, -0.15) is 5.26 Å². The van der Waals surface area contributed by atoms with Crippen molar-refractivity contribution in [1.29, 1.82) is 5.26 Å². The summed E-state index contributed by atoms with van der Waals surface area (Å²) in [5.41, 5.74) is 0. The lowest BCUT2D eigenvalue weighted by Gasteiger charge is -2.32. The number of amides is 1. The number of carbonyl (C=O) groups excluding carboxylic acids is 1. The van der Waals surface area contributed by atoms with Crippen molar-refractivity contribution in [2.24, 2.45) is 11.8 Å². The summed E-state index contributed by atoms with van der Waals surface area (Å²) in [6.45, 7) is 8.15. The third-order valence-corrected chi connectivity index (χ3v) is 3.37. The van der Waals surface area contributed by atoms with Crippen molar-refractivity contribution in [2.45, 2.75) is 39.7 Å². The molecule has 0 bridgehead atoms. The summed E-state index contributed by atoms with van der Waals surface area (Å²) in [5, 5.41) is 12.1. The van der Waals surface area contributed by atoms with Crippen molar-refractivity contribution in [3.05, 3.63) is 0 Å². The third-order valence-electron chi connectivity index (χ3n) is 3.37. The van der Waals surface area contributed by atoms with Crippen molar-refractivity contribution >= 4 is 5.91 Å². The van der Waals surface area contributed by atoms with Crippen LogP contribution in [0.2, 0.25) is 0 Å². The molecule has 1 aliphatic heterocycles. The summed E-state index contributed by atoms with van der Waals surface area (Å²) < 4.78 is 0. The van der Waals surface area contributed by atoms with Gasteiger partial charge in [-0.1, -0.05) is 6.92 Å². The zero-order valence-corrected chi connectivity index (χ0v) is 11.1. The smallest absolute Gasteiger partial charge is 0.239 e. The van der Waals surface area contributed by atoms with Gasteiger partial charge in [0.15, 0.2) is 0 Å². The molecule has 0 aliphatic carbocycles. The molecule has 1 heterocycles. The highest BCUT2D eigenvalue weighted by molar-refractivity contribution is 5.82. The van der Waals surface area contributed by atoms with Gasteiger partial charge in [0.2, 0.25) is 5.91 Å². The minimum absolute atomic E-state index is 0.0513. The topological polar surface area (TPSA) is 56.1 Å². The predicted octanol–water partition coefficient (Wildman–Crippen LogP) is 1.38. The van der Waals surface area contributed by atoms with Crippen LogP contribution in [-0.2, 0) is 4.79 Å². The highest BCUT2D eigenvalue weighted by atomic mass is 16.2. The van der Waals surface area contributed by atoms with E-state index in [-0.39, 0.29) is 17.9 Å². The number of nitriles is 1. The molecule has 1 N–H and O–H groups in total. The molecule has 3 atom stereocenters. The standard InChI is InChI=1S/C13H23N3O/c1-4-16(9-11(3)8-14)13(17)12-7-10(2)5-6-15-12/h10-12,15H,4-7,9H2,1-3H3. The number of rotatable bonds is 4. The lowest BCUT2D eigenvalue weighted by Crippen LogP contribution is -2.50. The molecule has 1 amide bonds. The average molecular weight is 237 g/mol. The second-order valence-electron chi connectivity index (χ2n) is 5.04. The lowest BCUT2D eigenvalue weighted by molar-refractivity contribution is -0.134. The van der Waals surface area contributed by atoms with Crippen LogP contribution >= 0.6 is 0 Å². The maximum atomic E-state index is 12.3. The molecular formula is C13H23N3O. The highest BCUT2D eigenvalue weighted by Crippen LogP contribution is 2.17. The van der Waals surface area contributed by atoms with E-state index in [1.807, 2.05) is 13.8 Å². The van der Waals surface area contributed by atoms with Crippen LogP contribution in [0.5, 0.6) is 0 Å². The van der Waals surface area contributed by atoms with Crippen molar-refractivity contribution in [2.75, 3.05) is 19.6 Å². The molecule has 1 saturated heterocycles. The second-order valence-corrected chi connectivity index (χ2v) is 5.04. The van der Waals surface area contributed by atoms with Gasteiger partial charge in [-0.25, -0.2) is 0 Å². The summed E-state index contributed by atoms with van der Waals surface area (Å²) in [6, 6.07) is 2.13. The van der Waals surface area contributed by atoms with Gasteiger partial charge in [0.25, 0.3) is 0 Å². The molecule has 1 fully saturated rings. The SMILES string of the molecule is CCN(CC(C)C#N)C(=O)C1CC(C)CCN1. The second kappa shape index (κ2) is 6.61.